The lowest BCUT2D eigenvalue weighted by Crippen LogP contribution is -2.44. The van der Waals surface area contributed by atoms with E-state index in [9.17, 15) is 18.0 Å². The Morgan fingerprint density at radius 1 is 1.19 bits per heavy atom. The van der Waals surface area contributed by atoms with E-state index in [1.54, 1.807) is 19.1 Å². The van der Waals surface area contributed by atoms with Gasteiger partial charge in [-0.1, -0.05) is 55.4 Å². The molecule has 1 atom stereocenters. The van der Waals surface area contributed by atoms with Crippen LogP contribution in [-0.4, -0.2) is 41.7 Å². The fourth-order valence-corrected chi connectivity index (χ4v) is 4.13. The maximum Gasteiger partial charge on any atom is 0.327 e. The standard InChI is InChI=1S/C23H33NO6S/c1-16(11-12-19-18(3)10-7-13-23(19,4)5)8-6-9-17(2)14-21(25)24-20(22(26)27)15-31(28,29)30/h6,8-9,11-12,14,20H,7,10,13,15H2,1-5H3,(H,24,25)(H,26,27)(H,28,29,30)/b9-6+,12-11+,16-8+,17-14-/t20-/m1/s1. The smallest absolute Gasteiger partial charge is 0.327 e. The molecule has 1 aliphatic rings. The van der Waals surface area contributed by atoms with Gasteiger partial charge in [0.15, 0.2) is 0 Å². The molecule has 0 radical (unpaired) electrons. The number of nitrogens with one attached hydrogen (secondary N) is 1. The van der Waals surface area contributed by atoms with Crippen molar-refractivity contribution in [2.24, 2.45) is 5.41 Å². The predicted octanol–water partition coefficient (Wildman–Crippen LogP) is 3.98. The molecule has 8 heteroatoms. The third kappa shape index (κ3) is 9.93. The molecule has 172 valence electrons. The molecular formula is C23H33NO6S. The van der Waals surface area contributed by atoms with Crippen molar-refractivity contribution >= 4 is 22.0 Å². The number of carbonyl (C=O) groups excluding carboxylic acids is 1. The molecule has 0 aromatic carbocycles. The average Bonchev–Trinajstić information content (AvgIpc) is 2.58. The molecule has 1 amide bonds. The van der Waals surface area contributed by atoms with Crippen molar-refractivity contribution in [3.05, 3.63) is 58.7 Å². The van der Waals surface area contributed by atoms with E-state index in [1.165, 1.54) is 24.0 Å². The van der Waals surface area contributed by atoms with Crippen molar-refractivity contribution < 1.29 is 27.7 Å². The fourth-order valence-electron chi connectivity index (χ4n) is 3.49. The summed E-state index contributed by atoms with van der Waals surface area (Å²) in [7, 11) is -4.54. The second-order valence-electron chi connectivity index (χ2n) is 8.57. The minimum atomic E-state index is -4.54. The normalized spacial score (nSPS) is 19.2. The van der Waals surface area contributed by atoms with Gasteiger partial charge in [0.05, 0.1) is 0 Å². The Morgan fingerprint density at radius 3 is 2.39 bits per heavy atom. The van der Waals surface area contributed by atoms with Crippen LogP contribution >= 0.6 is 0 Å². The van der Waals surface area contributed by atoms with Crippen molar-refractivity contribution in [3.8, 4) is 0 Å². The quantitative estimate of drug-likeness (QED) is 0.277. The summed E-state index contributed by atoms with van der Waals surface area (Å²) in [6.07, 6.45) is 14.3. The summed E-state index contributed by atoms with van der Waals surface area (Å²) in [4.78, 5) is 23.0. The lowest BCUT2D eigenvalue weighted by Gasteiger charge is -2.32. The van der Waals surface area contributed by atoms with Crippen molar-refractivity contribution in [1.82, 2.24) is 5.32 Å². The molecule has 7 nitrogen and oxygen atoms in total. The molecule has 0 saturated carbocycles. The Bertz CT molecular complexity index is 949. The highest BCUT2D eigenvalue weighted by Gasteiger charge is 2.26. The van der Waals surface area contributed by atoms with Crippen LogP contribution in [0, 0.1) is 5.41 Å². The van der Waals surface area contributed by atoms with Gasteiger partial charge in [-0.2, -0.15) is 8.42 Å². The predicted molar refractivity (Wildman–Crippen MR) is 122 cm³/mol. The minimum absolute atomic E-state index is 0.171. The van der Waals surface area contributed by atoms with E-state index in [1.807, 2.05) is 13.0 Å². The number of amides is 1. The van der Waals surface area contributed by atoms with Crippen LogP contribution < -0.4 is 5.32 Å². The molecular weight excluding hydrogens is 418 g/mol. The number of hydrogen-bond donors (Lipinski definition) is 3. The van der Waals surface area contributed by atoms with Gasteiger partial charge in [0, 0.05) is 6.08 Å². The van der Waals surface area contributed by atoms with E-state index >= 15 is 0 Å². The molecule has 3 N–H and O–H groups in total. The van der Waals surface area contributed by atoms with Crippen LogP contribution in [0.1, 0.15) is 53.9 Å². The molecule has 31 heavy (non-hydrogen) atoms. The zero-order chi connectivity index (χ0) is 23.8. The summed E-state index contributed by atoms with van der Waals surface area (Å²) in [5, 5.41) is 11.0. The van der Waals surface area contributed by atoms with E-state index in [-0.39, 0.29) is 5.41 Å². The van der Waals surface area contributed by atoms with Crippen molar-refractivity contribution in [2.75, 3.05) is 5.75 Å². The number of carboxylic acids is 1. The number of aliphatic carboxylic acids is 1. The lowest BCUT2D eigenvalue weighted by molar-refractivity contribution is -0.140. The molecule has 0 aliphatic heterocycles. The topological polar surface area (TPSA) is 121 Å². The van der Waals surface area contributed by atoms with Crippen LogP contribution in [0.3, 0.4) is 0 Å². The highest BCUT2D eigenvalue weighted by atomic mass is 32.2. The summed E-state index contributed by atoms with van der Waals surface area (Å²) in [6.45, 7) is 10.3. The third-order valence-electron chi connectivity index (χ3n) is 5.12. The highest BCUT2D eigenvalue weighted by Crippen LogP contribution is 2.40. The summed E-state index contributed by atoms with van der Waals surface area (Å²) in [5.41, 5.74) is 4.56. The van der Waals surface area contributed by atoms with Crippen molar-refractivity contribution in [2.45, 2.75) is 59.9 Å². The third-order valence-corrected chi connectivity index (χ3v) is 5.88. The van der Waals surface area contributed by atoms with E-state index < -0.39 is 33.8 Å². The Kier molecular flexibility index (Phi) is 9.65. The largest absolute Gasteiger partial charge is 0.480 e. The first kappa shape index (κ1) is 26.6. The van der Waals surface area contributed by atoms with Crippen molar-refractivity contribution in [1.29, 1.82) is 0 Å². The molecule has 0 unspecified atom stereocenters. The summed E-state index contributed by atoms with van der Waals surface area (Å²) in [6, 6.07) is -1.73. The number of hydrogen-bond acceptors (Lipinski definition) is 4. The monoisotopic (exact) mass is 451 g/mol. The van der Waals surface area contributed by atoms with Gasteiger partial charge in [0.2, 0.25) is 5.91 Å². The average molecular weight is 452 g/mol. The van der Waals surface area contributed by atoms with E-state index in [4.69, 9.17) is 9.66 Å². The zero-order valence-electron chi connectivity index (χ0n) is 18.8. The van der Waals surface area contributed by atoms with Gasteiger partial charge >= 0.3 is 5.97 Å². The summed E-state index contributed by atoms with van der Waals surface area (Å²) >= 11 is 0. The number of carbonyl (C=O) groups is 2. The maximum absolute atomic E-state index is 11.9. The molecule has 0 fully saturated rings. The Morgan fingerprint density at radius 2 is 1.84 bits per heavy atom. The first-order chi connectivity index (χ1) is 14.2. The van der Waals surface area contributed by atoms with E-state index in [0.717, 1.165) is 18.1 Å². The maximum atomic E-state index is 11.9. The van der Waals surface area contributed by atoms with Gasteiger partial charge in [0.1, 0.15) is 11.8 Å². The second-order valence-corrected chi connectivity index (χ2v) is 10.1. The molecule has 0 bridgehead atoms. The van der Waals surface area contributed by atoms with Gasteiger partial charge in [-0.3, -0.25) is 9.35 Å². The Labute approximate surface area is 185 Å². The van der Waals surface area contributed by atoms with E-state index in [0.29, 0.717) is 5.57 Å². The SMILES string of the molecule is CC1=C(/C=C/C(C)=C/C=C/C(C)=C\C(=O)N[C@H](CS(=O)(=O)O)C(=O)O)C(C)(C)CCC1. The van der Waals surface area contributed by atoms with Crippen LogP contribution in [0.2, 0.25) is 0 Å². The second kappa shape index (κ2) is 11.2. The first-order valence-corrected chi connectivity index (χ1v) is 11.7. The zero-order valence-corrected chi connectivity index (χ0v) is 19.6. The van der Waals surface area contributed by atoms with Crippen LogP contribution in [-0.2, 0) is 19.7 Å². The fraction of sp³-hybridized carbons (Fsp3) is 0.478. The molecule has 0 aromatic rings. The summed E-state index contributed by atoms with van der Waals surface area (Å²) < 4.78 is 30.5. The molecule has 1 aliphatic carbocycles. The van der Waals surface area contributed by atoms with Crippen LogP contribution in [0.5, 0.6) is 0 Å². The van der Waals surface area contributed by atoms with Crippen LogP contribution in [0.25, 0.3) is 0 Å². The molecule has 0 aromatic heterocycles. The molecule has 0 saturated heterocycles. The van der Waals surface area contributed by atoms with Gasteiger partial charge in [-0.25, -0.2) is 4.79 Å². The number of rotatable bonds is 9. The minimum Gasteiger partial charge on any atom is -0.480 e. The van der Waals surface area contributed by atoms with E-state index in [2.05, 4.69) is 38.2 Å². The molecule has 0 spiro atoms. The lowest BCUT2D eigenvalue weighted by atomic mass is 9.72. The first-order valence-electron chi connectivity index (χ1n) is 10.1. The number of carboxylic acid groups (broad SMARTS) is 1. The summed E-state index contributed by atoms with van der Waals surface area (Å²) in [5.74, 6) is -3.41. The number of allylic oxidation sites excluding steroid dienone is 9. The van der Waals surface area contributed by atoms with Gasteiger partial charge in [-0.15, -0.1) is 0 Å². The van der Waals surface area contributed by atoms with Crippen LogP contribution in [0.15, 0.2) is 58.7 Å². The van der Waals surface area contributed by atoms with Crippen LogP contribution in [0.4, 0.5) is 0 Å². The molecule has 1 rings (SSSR count). The van der Waals surface area contributed by atoms with Gasteiger partial charge in [-0.05, 0) is 56.6 Å². The molecule has 0 heterocycles. The van der Waals surface area contributed by atoms with Gasteiger partial charge < -0.3 is 10.4 Å². The van der Waals surface area contributed by atoms with Crippen molar-refractivity contribution in [3.63, 3.8) is 0 Å². The Hall–Kier alpha value is -2.45. The highest BCUT2D eigenvalue weighted by molar-refractivity contribution is 7.85. The van der Waals surface area contributed by atoms with Gasteiger partial charge in [0.25, 0.3) is 10.1 Å². The Balaban J connectivity index is 2.77.